The van der Waals surface area contributed by atoms with Crippen LogP contribution in [0.3, 0.4) is 0 Å². The number of hydrogen-bond donors (Lipinski definition) is 3. The molecule has 0 aromatic heterocycles. The first-order valence-corrected chi connectivity index (χ1v) is 6.50. The molecular formula is C10H12N2O6S. The van der Waals surface area contributed by atoms with Crippen molar-refractivity contribution in [3.63, 3.8) is 0 Å². The third-order valence-corrected chi connectivity index (χ3v) is 3.00. The Kier molecular flexibility index (Phi) is 4.84. The van der Waals surface area contributed by atoms with E-state index >= 15 is 0 Å². The molecule has 1 aromatic carbocycles. The van der Waals surface area contributed by atoms with Gasteiger partial charge in [-0.15, -0.1) is 0 Å². The molecule has 0 saturated carbocycles. The number of hydrogen-bond acceptors (Lipinski definition) is 5. The van der Waals surface area contributed by atoms with Crippen molar-refractivity contribution in [2.75, 3.05) is 7.11 Å². The van der Waals surface area contributed by atoms with Crippen molar-refractivity contribution in [3.05, 3.63) is 35.4 Å². The van der Waals surface area contributed by atoms with Gasteiger partial charge in [0.05, 0.1) is 12.7 Å². The standard InChI is InChI=1S/C10H12N2O6S/c1-18-10(15)12-19(16,17)11-6-7-3-2-4-8(5-7)9(13)14/h2-5,11H,6H2,1H3,(H,12,15)(H,13,14). The molecule has 1 rings (SSSR count). The number of aromatic carboxylic acids is 1. The van der Waals surface area contributed by atoms with Gasteiger partial charge < -0.3 is 9.84 Å². The average molecular weight is 288 g/mol. The molecule has 19 heavy (non-hydrogen) atoms. The van der Waals surface area contributed by atoms with Crippen LogP contribution in [0.5, 0.6) is 0 Å². The number of carboxylic acids is 1. The Labute approximate surface area is 109 Å². The Morgan fingerprint density at radius 1 is 1.37 bits per heavy atom. The molecule has 3 N–H and O–H groups in total. The Balaban J connectivity index is 2.69. The minimum atomic E-state index is -4.05. The summed E-state index contributed by atoms with van der Waals surface area (Å²) in [5.41, 5.74) is 0.479. The molecule has 0 radical (unpaired) electrons. The predicted molar refractivity (Wildman–Crippen MR) is 64.7 cm³/mol. The number of nitrogens with one attached hydrogen (secondary N) is 2. The zero-order chi connectivity index (χ0) is 14.5. The van der Waals surface area contributed by atoms with E-state index in [0.29, 0.717) is 5.56 Å². The van der Waals surface area contributed by atoms with E-state index in [2.05, 4.69) is 9.46 Å². The molecule has 9 heteroatoms. The van der Waals surface area contributed by atoms with Gasteiger partial charge in [-0.05, 0) is 17.7 Å². The largest absolute Gasteiger partial charge is 0.478 e. The average Bonchev–Trinajstić information content (AvgIpc) is 2.36. The van der Waals surface area contributed by atoms with Crippen LogP contribution >= 0.6 is 0 Å². The molecule has 0 heterocycles. The van der Waals surface area contributed by atoms with E-state index in [4.69, 9.17) is 5.11 Å². The summed E-state index contributed by atoms with van der Waals surface area (Å²) in [6.07, 6.45) is -1.12. The summed E-state index contributed by atoms with van der Waals surface area (Å²) >= 11 is 0. The number of amides is 1. The molecule has 0 bridgehead atoms. The molecule has 0 fully saturated rings. The second-order valence-electron chi connectivity index (χ2n) is 3.42. The van der Waals surface area contributed by atoms with Gasteiger partial charge in [-0.1, -0.05) is 12.1 Å². The fraction of sp³-hybridized carbons (Fsp3) is 0.200. The Morgan fingerprint density at radius 3 is 2.63 bits per heavy atom. The number of methoxy groups -OCH3 is 1. The molecule has 0 aliphatic heterocycles. The van der Waals surface area contributed by atoms with Crippen LogP contribution in [0, 0.1) is 0 Å². The normalized spacial score (nSPS) is 10.8. The lowest BCUT2D eigenvalue weighted by molar-refractivity contribution is 0.0696. The topological polar surface area (TPSA) is 122 Å². The first-order valence-electron chi connectivity index (χ1n) is 5.01. The number of carboxylic acid groups (broad SMARTS) is 1. The van der Waals surface area contributed by atoms with Gasteiger partial charge in [0.2, 0.25) is 0 Å². The van der Waals surface area contributed by atoms with Gasteiger partial charge in [0.15, 0.2) is 0 Å². The van der Waals surface area contributed by atoms with Crippen LogP contribution in [0.15, 0.2) is 24.3 Å². The fourth-order valence-corrected chi connectivity index (χ4v) is 1.91. The lowest BCUT2D eigenvalue weighted by Crippen LogP contribution is -2.39. The second-order valence-corrected chi connectivity index (χ2v) is 4.92. The molecule has 0 aliphatic rings. The van der Waals surface area contributed by atoms with Crippen LogP contribution in [0.25, 0.3) is 0 Å². The highest BCUT2D eigenvalue weighted by molar-refractivity contribution is 7.88. The smallest absolute Gasteiger partial charge is 0.421 e. The van der Waals surface area contributed by atoms with Crippen molar-refractivity contribution in [1.29, 1.82) is 0 Å². The molecular weight excluding hydrogens is 276 g/mol. The first kappa shape index (κ1) is 14.9. The lowest BCUT2D eigenvalue weighted by Gasteiger charge is -2.07. The van der Waals surface area contributed by atoms with Crippen LogP contribution in [0.2, 0.25) is 0 Å². The molecule has 104 valence electrons. The number of ether oxygens (including phenoxy) is 1. The van der Waals surface area contributed by atoms with Crippen molar-refractivity contribution in [2.24, 2.45) is 0 Å². The van der Waals surface area contributed by atoms with E-state index in [1.54, 1.807) is 10.8 Å². The summed E-state index contributed by atoms with van der Waals surface area (Å²) in [5, 5.41) is 8.78. The highest BCUT2D eigenvalue weighted by Crippen LogP contribution is 2.05. The molecule has 0 spiro atoms. The summed E-state index contributed by atoms with van der Waals surface area (Å²) in [4.78, 5) is 21.5. The van der Waals surface area contributed by atoms with Crippen molar-refractivity contribution in [1.82, 2.24) is 9.44 Å². The maximum absolute atomic E-state index is 11.4. The van der Waals surface area contributed by atoms with E-state index in [9.17, 15) is 18.0 Å². The monoisotopic (exact) mass is 288 g/mol. The van der Waals surface area contributed by atoms with Crippen molar-refractivity contribution >= 4 is 22.3 Å². The summed E-state index contributed by atoms with van der Waals surface area (Å²) in [6.45, 7) is -0.159. The van der Waals surface area contributed by atoms with Gasteiger partial charge in [-0.25, -0.2) is 14.3 Å². The van der Waals surface area contributed by atoms with E-state index in [1.165, 1.54) is 18.2 Å². The van der Waals surface area contributed by atoms with Crippen LogP contribution < -0.4 is 9.44 Å². The minimum absolute atomic E-state index is 0.0395. The maximum Gasteiger partial charge on any atom is 0.421 e. The van der Waals surface area contributed by atoms with Gasteiger partial charge in [0.1, 0.15) is 0 Å². The third kappa shape index (κ3) is 4.94. The van der Waals surface area contributed by atoms with Crippen LogP contribution in [-0.4, -0.2) is 32.7 Å². The minimum Gasteiger partial charge on any atom is -0.478 e. The molecule has 0 saturated heterocycles. The van der Waals surface area contributed by atoms with Gasteiger partial charge in [0.25, 0.3) is 0 Å². The summed E-state index contributed by atoms with van der Waals surface area (Å²) in [5.74, 6) is -1.11. The van der Waals surface area contributed by atoms with E-state index in [0.717, 1.165) is 7.11 Å². The van der Waals surface area contributed by atoms with E-state index < -0.39 is 22.3 Å². The molecule has 1 amide bonds. The van der Waals surface area contributed by atoms with Gasteiger partial charge in [-0.3, -0.25) is 0 Å². The SMILES string of the molecule is COC(=O)NS(=O)(=O)NCc1cccc(C(=O)O)c1. The van der Waals surface area contributed by atoms with Crippen LogP contribution in [0.4, 0.5) is 4.79 Å². The van der Waals surface area contributed by atoms with Crippen molar-refractivity contribution in [2.45, 2.75) is 6.54 Å². The molecule has 0 aliphatic carbocycles. The van der Waals surface area contributed by atoms with Crippen LogP contribution in [-0.2, 0) is 21.5 Å². The Bertz CT molecular complexity index is 583. The van der Waals surface area contributed by atoms with Gasteiger partial charge in [-0.2, -0.15) is 13.1 Å². The fourth-order valence-electron chi connectivity index (χ4n) is 1.18. The number of carbonyl (C=O) groups is 2. The highest BCUT2D eigenvalue weighted by Gasteiger charge is 2.14. The van der Waals surface area contributed by atoms with E-state index in [-0.39, 0.29) is 12.1 Å². The summed E-state index contributed by atoms with van der Waals surface area (Å²) in [7, 11) is -3.02. The van der Waals surface area contributed by atoms with Crippen molar-refractivity contribution in [3.8, 4) is 0 Å². The zero-order valence-corrected chi connectivity index (χ0v) is 10.7. The first-order chi connectivity index (χ1) is 8.84. The molecule has 0 unspecified atom stereocenters. The van der Waals surface area contributed by atoms with E-state index in [1.807, 2.05) is 0 Å². The quantitative estimate of drug-likeness (QED) is 0.705. The Morgan fingerprint density at radius 2 is 2.05 bits per heavy atom. The highest BCUT2D eigenvalue weighted by atomic mass is 32.2. The summed E-state index contributed by atoms with van der Waals surface area (Å²) in [6, 6.07) is 5.74. The number of rotatable bonds is 5. The van der Waals surface area contributed by atoms with Gasteiger partial charge in [0, 0.05) is 6.54 Å². The third-order valence-electron chi connectivity index (χ3n) is 2.04. The molecule has 8 nitrogen and oxygen atoms in total. The maximum atomic E-state index is 11.4. The molecule has 0 atom stereocenters. The van der Waals surface area contributed by atoms with Crippen molar-refractivity contribution < 1.29 is 27.9 Å². The van der Waals surface area contributed by atoms with Crippen LogP contribution in [0.1, 0.15) is 15.9 Å². The second kappa shape index (κ2) is 6.16. The molecule has 1 aromatic rings. The van der Waals surface area contributed by atoms with Gasteiger partial charge >= 0.3 is 22.3 Å². The Hall–Kier alpha value is -2.13. The summed E-state index contributed by atoms with van der Waals surface area (Å²) < 4.78 is 30.5. The zero-order valence-electron chi connectivity index (χ0n) is 9.91. The lowest BCUT2D eigenvalue weighted by atomic mass is 10.1. The number of benzene rings is 1. The number of carbonyl (C=O) groups excluding carboxylic acids is 1. The predicted octanol–water partition coefficient (Wildman–Crippen LogP) is 0.0752.